The molecule has 5 heteroatoms. The molecule has 98 valence electrons. The molecule has 2 rings (SSSR count). The highest BCUT2D eigenvalue weighted by Crippen LogP contribution is 2.40. The number of hydrogen-bond donors (Lipinski definition) is 0. The van der Waals surface area contributed by atoms with Gasteiger partial charge in [-0.15, -0.1) is 24.2 Å². The molecule has 0 aromatic rings. The summed E-state index contributed by atoms with van der Waals surface area (Å²) < 4.78 is 0. The second kappa shape index (κ2) is 6.01. The molecule has 1 aliphatic carbocycles. The van der Waals surface area contributed by atoms with Crippen LogP contribution in [0.4, 0.5) is 0 Å². The van der Waals surface area contributed by atoms with Crippen LogP contribution in [0.25, 0.3) is 0 Å². The Morgan fingerprint density at radius 2 is 1.71 bits per heavy atom. The third-order valence-electron chi connectivity index (χ3n) is 3.36. The van der Waals surface area contributed by atoms with E-state index in [0.29, 0.717) is 11.3 Å². The lowest BCUT2D eigenvalue weighted by atomic mass is 10.0. The zero-order chi connectivity index (χ0) is 11.7. The third kappa shape index (κ3) is 2.91. The van der Waals surface area contributed by atoms with Gasteiger partial charge in [0.1, 0.15) is 11.3 Å². The molecule has 0 amide bonds. The molecule has 1 aliphatic heterocycles. The summed E-state index contributed by atoms with van der Waals surface area (Å²) in [5.41, 5.74) is 3.32. The Bertz CT molecular complexity index is 310. The standard InChI is InChI=1S/C12H20N2OS.ClH/c1-9(15)8-16-12-13(2)10-6-4-5-7-11(10)14(12)3;/h12H,4-8H2,1-3H3;1H. The normalized spacial score (nSPS) is 20.4. The minimum Gasteiger partial charge on any atom is -0.348 e. The maximum atomic E-state index is 11.1. The van der Waals surface area contributed by atoms with Gasteiger partial charge in [-0.1, -0.05) is 0 Å². The Labute approximate surface area is 114 Å². The van der Waals surface area contributed by atoms with Gasteiger partial charge in [0.05, 0.1) is 5.75 Å². The number of ketones is 1. The Morgan fingerprint density at radius 1 is 1.24 bits per heavy atom. The number of carbonyl (C=O) groups excluding carboxylic acids is 1. The number of rotatable bonds is 3. The van der Waals surface area contributed by atoms with Crippen molar-refractivity contribution in [1.82, 2.24) is 9.80 Å². The van der Waals surface area contributed by atoms with Crippen molar-refractivity contribution in [1.29, 1.82) is 0 Å². The average Bonchev–Trinajstić information content (AvgIpc) is 2.50. The van der Waals surface area contributed by atoms with Crippen molar-refractivity contribution in [2.24, 2.45) is 0 Å². The number of nitrogens with zero attached hydrogens (tertiary/aromatic N) is 2. The minimum atomic E-state index is 0. The molecule has 17 heavy (non-hydrogen) atoms. The van der Waals surface area contributed by atoms with Gasteiger partial charge < -0.3 is 9.80 Å². The van der Waals surface area contributed by atoms with Gasteiger partial charge in [-0.25, -0.2) is 0 Å². The highest BCUT2D eigenvalue weighted by atomic mass is 35.5. The van der Waals surface area contributed by atoms with E-state index in [9.17, 15) is 4.79 Å². The van der Waals surface area contributed by atoms with Gasteiger partial charge in [-0.05, 0) is 32.6 Å². The van der Waals surface area contributed by atoms with Gasteiger partial charge >= 0.3 is 0 Å². The molecule has 0 atom stereocenters. The average molecular weight is 277 g/mol. The lowest BCUT2D eigenvalue weighted by molar-refractivity contribution is -0.114. The number of hydrogen-bond acceptors (Lipinski definition) is 4. The number of allylic oxidation sites excluding steroid dienone is 2. The van der Waals surface area contributed by atoms with E-state index in [1.807, 2.05) is 0 Å². The van der Waals surface area contributed by atoms with Gasteiger partial charge in [-0.3, -0.25) is 4.79 Å². The summed E-state index contributed by atoms with van der Waals surface area (Å²) in [6.07, 6.45) is 5.02. The fraction of sp³-hybridized carbons (Fsp3) is 0.750. The van der Waals surface area contributed by atoms with Crippen molar-refractivity contribution < 1.29 is 4.79 Å². The van der Waals surface area contributed by atoms with Gasteiger partial charge in [-0.2, -0.15) is 0 Å². The smallest absolute Gasteiger partial charge is 0.150 e. The summed E-state index contributed by atoms with van der Waals surface area (Å²) in [6.45, 7) is 1.66. The van der Waals surface area contributed by atoms with Crippen molar-refractivity contribution in [2.45, 2.75) is 38.1 Å². The summed E-state index contributed by atoms with van der Waals surface area (Å²) in [6, 6.07) is 0. The van der Waals surface area contributed by atoms with Crippen LogP contribution in [-0.2, 0) is 4.79 Å². The van der Waals surface area contributed by atoms with Crippen LogP contribution >= 0.6 is 24.2 Å². The van der Waals surface area contributed by atoms with E-state index in [1.54, 1.807) is 18.7 Å². The zero-order valence-corrected chi connectivity index (χ0v) is 12.4. The van der Waals surface area contributed by atoms with Crippen LogP contribution < -0.4 is 0 Å². The van der Waals surface area contributed by atoms with Crippen LogP contribution in [0.1, 0.15) is 32.6 Å². The Hall–Kier alpha value is -0.350. The van der Waals surface area contributed by atoms with Crippen LogP contribution in [0.2, 0.25) is 0 Å². The minimum absolute atomic E-state index is 0. The van der Waals surface area contributed by atoms with Crippen molar-refractivity contribution in [3.63, 3.8) is 0 Å². The molecule has 0 N–H and O–H groups in total. The number of Topliss-reactive ketones (excluding diaryl/α,β-unsaturated/α-hetero) is 1. The van der Waals surface area contributed by atoms with E-state index in [4.69, 9.17) is 0 Å². The Kier molecular flexibility index (Phi) is 5.20. The monoisotopic (exact) mass is 276 g/mol. The summed E-state index contributed by atoms with van der Waals surface area (Å²) >= 11 is 1.74. The van der Waals surface area contributed by atoms with Crippen molar-refractivity contribution in [3.05, 3.63) is 11.4 Å². The molecule has 0 unspecified atom stereocenters. The van der Waals surface area contributed by atoms with E-state index in [1.165, 1.54) is 37.1 Å². The van der Waals surface area contributed by atoms with E-state index in [2.05, 4.69) is 23.9 Å². The topological polar surface area (TPSA) is 23.6 Å². The van der Waals surface area contributed by atoms with Crippen LogP contribution in [0.5, 0.6) is 0 Å². The van der Waals surface area contributed by atoms with Crippen LogP contribution in [0, 0.1) is 0 Å². The van der Waals surface area contributed by atoms with Crippen molar-refractivity contribution in [3.8, 4) is 0 Å². The predicted octanol–water partition coefficient (Wildman–Crippen LogP) is 2.68. The van der Waals surface area contributed by atoms with Gasteiger partial charge in [0.25, 0.3) is 0 Å². The van der Waals surface area contributed by atoms with Gasteiger partial charge in [0, 0.05) is 25.5 Å². The van der Waals surface area contributed by atoms with E-state index >= 15 is 0 Å². The van der Waals surface area contributed by atoms with Crippen molar-refractivity contribution in [2.75, 3.05) is 19.8 Å². The first-order chi connectivity index (χ1) is 7.61. The molecule has 1 heterocycles. The highest BCUT2D eigenvalue weighted by molar-refractivity contribution is 8.00. The van der Waals surface area contributed by atoms with Crippen LogP contribution in [0.3, 0.4) is 0 Å². The summed E-state index contributed by atoms with van der Waals surface area (Å²) in [4.78, 5) is 15.8. The van der Waals surface area contributed by atoms with E-state index in [-0.39, 0.29) is 18.2 Å². The molecule has 0 aromatic carbocycles. The highest BCUT2D eigenvalue weighted by Gasteiger charge is 2.34. The maximum absolute atomic E-state index is 11.1. The van der Waals surface area contributed by atoms with Crippen LogP contribution in [-0.4, -0.2) is 40.9 Å². The molecule has 0 saturated heterocycles. The van der Waals surface area contributed by atoms with E-state index < -0.39 is 0 Å². The van der Waals surface area contributed by atoms with Gasteiger partial charge in [0.15, 0.2) is 0 Å². The molecule has 3 nitrogen and oxygen atoms in total. The maximum Gasteiger partial charge on any atom is 0.150 e. The number of halogens is 1. The second-order valence-corrected chi connectivity index (χ2v) is 5.71. The Morgan fingerprint density at radius 3 is 2.12 bits per heavy atom. The van der Waals surface area contributed by atoms with Crippen LogP contribution in [0.15, 0.2) is 11.4 Å². The first-order valence-corrected chi connectivity index (χ1v) is 6.95. The molecule has 0 spiro atoms. The predicted molar refractivity (Wildman–Crippen MR) is 75.2 cm³/mol. The number of carbonyl (C=O) groups is 1. The zero-order valence-electron chi connectivity index (χ0n) is 10.7. The van der Waals surface area contributed by atoms with Gasteiger partial charge in [0.2, 0.25) is 0 Å². The fourth-order valence-electron chi connectivity index (χ4n) is 2.58. The Balaban J connectivity index is 0.00000144. The SMILES string of the molecule is CC(=O)CSC1N(C)C2=C(CCCC2)N1C.Cl. The second-order valence-electron chi connectivity index (χ2n) is 4.66. The van der Waals surface area contributed by atoms with E-state index in [0.717, 1.165) is 0 Å². The quantitative estimate of drug-likeness (QED) is 0.791. The van der Waals surface area contributed by atoms with Crippen molar-refractivity contribution >= 4 is 30.0 Å². The molecule has 0 bridgehead atoms. The number of thioether (sulfide) groups is 1. The lowest BCUT2D eigenvalue weighted by Crippen LogP contribution is -2.33. The molecule has 0 saturated carbocycles. The lowest BCUT2D eigenvalue weighted by Gasteiger charge is -2.28. The molecule has 0 aromatic heterocycles. The molecular weight excluding hydrogens is 256 g/mol. The first kappa shape index (κ1) is 14.7. The largest absolute Gasteiger partial charge is 0.348 e. The first-order valence-electron chi connectivity index (χ1n) is 5.90. The summed E-state index contributed by atoms with van der Waals surface area (Å²) in [5, 5.41) is 0. The summed E-state index contributed by atoms with van der Waals surface area (Å²) in [5.74, 6) is 0.872. The summed E-state index contributed by atoms with van der Waals surface area (Å²) in [7, 11) is 4.31. The third-order valence-corrected chi connectivity index (χ3v) is 4.86. The molecule has 2 aliphatic rings. The molecular formula is C12H21ClN2OS. The molecule has 0 radical (unpaired) electrons. The molecule has 0 fully saturated rings. The fourth-order valence-corrected chi connectivity index (χ4v) is 3.66.